The minimum Gasteiger partial charge on any atom is -0.464 e. The second kappa shape index (κ2) is 5.99. The number of carbonyl (C=O) groups is 2. The zero-order valence-corrected chi connectivity index (χ0v) is 13.6. The molecule has 0 saturated heterocycles. The van der Waals surface area contributed by atoms with Crippen LogP contribution in [0.1, 0.15) is 48.2 Å². The molecule has 3 nitrogen and oxygen atoms in total. The number of ketones is 1. The molecule has 0 N–H and O–H groups in total. The molecule has 0 aliphatic heterocycles. The van der Waals surface area contributed by atoms with E-state index in [1.54, 1.807) is 6.92 Å². The highest BCUT2D eigenvalue weighted by molar-refractivity contribution is 5.95. The van der Waals surface area contributed by atoms with Crippen molar-refractivity contribution in [3.05, 3.63) is 59.2 Å². The molecule has 0 aromatic heterocycles. The maximum absolute atomic E-state index is 11.8. The van der Waals surface area contributed by atoms with Gasteiger partial charge in [0, 0.05) is 11.5 Å². The van der Waals surface area contributed by atoms with Gasteiger partial charge in [-0.1, -0.05) is 50.2 Å². The highest BCUT2D eigenvalue weighted by Crippen LogP contribution is 2.45. The number of ether oxygens (including phenoxy) is 1. The van der Waals surface area contributed by atoms with Crippen molar-refractivity contribution in [1.29, 1.82) is 0 Å². The molecule has 0 fully saturated rings. The van der Waals surface area contributed by atoms with Gasteiger partial charge in [-0.15, -0.1) is 0 Å². The lowest BCUT2D eigenvalue weighted by Crippen LogP contribution is -2.16. The van der Waals surface area contributed by atoms with Crippen molar-refractivity contribution >= 4 is 11.8 Å². The van der Waals surface area contributed by atoms with E-state index >= 15 is 0 Å². The second-order valence-corrected chi connectivity index (χ2v) is 6.28. The van der Waals surface area contributed by atoms with E-state index in [2.05, 4.69) is 12.1 Å². The number of hydrogen-bond acceptors (Lipinski definition) is 3. The Bertz CT molecular complexity index is 774. The summed E-state index contributed by atoms with van der Waals surface area (Å²) in [6.07, 6.45) is 0. The standard InChI is InChI=1S/C20H20O3/c1-12(2)20(22)23-11-19-16-7-5-4-6-15(16)17-9-8-14(13(3)21)10-18(17)19/h4-10,12,19H,11H2,1-3H3. The molecule has 2 aromatic rings. The fourth-order valence-corrected chi connectivity index (χ4v) is 3.04. The number of carbonyl (C=O) groups excluding carboxylic acids is 2. The summed E-state index contributed by atoms with van der Waals surface area (Å²) in [5, 5.41) is 0. The molecule has 23 heavy (non-hydrogen) atoms. The minimum atomic E-state index is -0.196. The molecule has 0 heterocycles. The highest BCUT2D eigenvalue weighted by Gasteiger charge is 2.30. The third-order valence-corrected chi connectivity index (χ3v) is 4.32. The first-order valence-electron chi connectivity index (χ1n) is 7.90. The van der Waals surface area contributed by atoms with Gasteiger partial charge in [0.1, 0.15) is 6.61 Å². The van der Waals surface area contributed by atoms with Gasteiger partial charge in [-0.05, 0) is 35.2 Å². The first-order chi connectivity index (χ1) is 11.0. The predicted octanol–water partition coefficient (Wildman–Crippen LogP) is 4.20. The molecule has 2 aromatic carbocycles. The highest BCUT2D eigenvalue weighted by atomic mass is 16.5. The molecule has 1 aliphatic rings. The lowest BCUT2D eigenvalue weighted by atomic mass is 9.96. The Balaban J connectivity index is 2.00. The first kappa shape index (κ1) is 15.5. The van der Waals surface area contributed by atoms with E-state index < -0.39 is 0 Å². The van der Waals surface area contributed by atoms with Gasteiger partial charge < -0.3 is 4.74 Å². The molecular weight excluding hydrogens is 288 g/mol. The van der Waals surface area contributed by atoms with Crippen molar-refractivity contribution < 1.29 is 14.3 Å². The lowest BCUT2D eigenvalue weighted by Gasteiger charge is -2.15. The van der Waals surface area contributed by atoms with Crippen molar-refractivity contribution in [2.45, 2.75) is 26.7 Å². The maximum Gasteiger partial charge on any atom is 0.308 e. The fourth-order valence-electron chi connectivity index (χ4n) is 3.04. The average Bonchev–Trinajstić information content (AvgIpc) is 2.85. The number of esters is 1. The van der Waals surface area contributed by atoms with Crippen LogP contribution in [0.5, 0.6) is 0 Å². The van der Waals surface area contributed by atoms with Gasteiger partial charge in [-0.2, -0.15) is 0 Å². The van der Waals surface area contributed by atoms with Crippen LogP contribution >= 0.6 is 0 Å². The summed E-state index contributed by atoms with van der Waals surface area (Å²) in [7, 11) is 0. The van der Waals surface area contributed by atoms with E-state index in [0.717, 1.165) is 22.3 Å². The van der Waals surface area contributed by atoms with Gasteiger partial charge in [-0.3, -0.25) is 9.59 Å². The summed E-state index contributed by atoms with van der Waals surface area (Å²) in [5.74, 6) is -0.307. The average molecular weight is 308 g/mol. The zero-order valence-electron chi connectivity index (χ0n) is 13.6. The monoisotopic (exact) mass is 308 g/mol. The largest absolute Gasteiger partial charge is 0.464 e. The van der Waals surface area contributed by atoms with Crippen LogP contribution in [0.2, 0.25) is 0 Å². The Hall–Kier alpha value is -2.42. The van der Waals surface area contributed by atoms with E-state index in [-0.39, 0.29) is 23.6 Å². The van der Waals surface area contributed by atoms with Crippen molar-refractivity contribution in [2.24, 2.45) is 5.92 Å². The van der Waals surface area contributed by atoms with Gasteiger partial charge in [0.2, 0.25) is 0 Å². The molecule has 0 radical (unpaired) electrons. The number of benzene rings is 2. The van der Waals surface area contributed by atoms with Crippen LogP contribution in [0.15, 0.2) is 42.5 Å². The van der Waals surface area contributed by atoms with E-state index in [4.69, 9.17) is 4.74 Å². The lowest BCUT2D eigenvalue weighted by molar-refractivity contribution is -0.147. The van der Waals surface area contributed by atoms with Crippen LogP contribution < -0.4 is 0 Å². The molecule has 3 rings (SSSR count). The third-order valence-electron chi connectivity index (χ3n) is 4.32. The molecule has 1 unspecified atom stereocenters. The molecule has 1 aliphatic carbocycles. The van der Waals surface area contributed by atoms with Gasteiger partial charge >= 0.3 is 5.97 Å². The predicted molar refractivity (Wildman–Crippen MR) is 89.5 cm³/mol. The Kier molecular flexibility index (Phi) is 4.03. The van der Waals surface area contributed by atoms with Crippen molar-refractivity contribution in [3.63, 3.8) is 0 Å². The Morgan fingerprint density at radius 2 is 1.74 bits per heavy atom. The van der Waals surface area contributed by atoms with E-state index in [1.165, 1.54) is 0 Å². The Labute approximate surface area is 136 Å². The smallest absolute Gasteiger partial charge is 0.308 e. The van der Waals surface area contributed by atoms with Gasteiger partial charge in [-0.25, -0.2) is 0 Å². The summed E-state index contributed by atoms with van der Waals surface area (Å²) >= 11 is 0. The summed E-state index contributed by atoms with van der Waals surface area (Å²) in [5.41, 5.74) is 5.19. The summed E-state index contributed by atoms with van der Waals surface area (Å²) in [6, 6.07) is 13.9. The van der Waals surface area contributed by atoms with Crippen molar-refractivity contribution in [1.82, 2.24) is 0 Å². The van der Waals surface area contributed by atoms with Crippen LogP contribution in [0.4, 0.5) is 0 Å². The quantitative estimate of drug-likeness (QED) is 0.628. The SMILES string of the molecule is CC(=O)c1ccc2c(c1)C(COC(=O)C(C)C)c1ccccc1-2. The van der Waals surface area contributed by atoms with Crippen LogP contribution in [0, 0.1) is 5.92 Å². The maximum atomic E-state index is 11.8. The normalized spacial score (nSPS) is 15.2. The van der Waals surface area contributed by atoms with Gasteiger partial charge in [0.05, 0.1) is 5.92 Å². The second-order valence-electron chi connectivity index (χ2n) is 6.28. The van der Waals surface area contributed by atoms with Gasteiger partial charge in [0.25, 0.3) is 0 Å². The van der Waals surface area contributed by atoms with E-state index in [0.29, 0.717) is 12.2 Å². The Morgan fingerprint density at radius 1 is 1.04 bits per heavy atom. The molecular formula is C20H20O3. The molecule has 3 heteroatoms. The van der Waals surface area contributed by atoms with Crippen LogP contribution in [0.3, 0.4) is 0 Å². The van der Waals surface area contributed by atoms with Crippen LogP contribution in [-0.2, 0) is 9.53 Å². The topological polar surface area (TPSA) is 43.4 Å². The third kappa shape index (κ3) is 2.79. The zero-order chi connectivity index (χ0) is 16.6. The number of rotatable bonds is 4. The number of hydrogen-bond donors (Lipinski definition) is 0. The van der Waals surface area contributed by atoms with Crippen LogP contribution in [-0.4, -0.2) is 18.4 Å². The van der Waals surface area contributed by atoms with E-state index in [9.17, 15) is 9.59 Å². The minimum absolute atomic E-state index is 0.0109. The summed E-state index contributed by atoms with van der Waals surface area (Å²) in [4.78, 5) is 23.5. The van der Waals surface area contributed by atoms with Gasteiger partial charge in [0.15, 0.2) is 5.78 Å². The molecule has 0 amide bonds. The summed E-state index contributed by atoms with van der Waals surface area (Å²) in [6.45, 7) is 5.53. The molecule has 118 valence electrons. The number of Topliss-reactive ketones (excluding diaryl/α,β-unsaturated/α-hetero) is 1. The molecule has 1 atom stereocenters. The molecule has 0 spiro atoms. The van der Waals surface area contributed by atoms with Crippen LogP contribution in [0.25, 0.3) is 11.1 Å². The molecule has 0 saturated carbocycles. The first-order valence-corrected chi connectivity index (χ1v) is 7.90. The number of fused-ring (bicyclic) bond motifs is 3. The fraction of sp³-hybridized carbons (Fsp3) is 0.300. The molecule has 0 bridgehead atoms. The summed E-state index contributed by atoms with van der Waals surface area (Å²) < 4.78 is 5.48. The van der Waals surface area contributed by atoms with Crippen molar-refractivity contribution in [3.8, 4) is 11.1 Å². The van der Waals surface area contributed by atoms with E-state index in [1.807, 2.05) is 44.2 Å². The Morgan fingerprint density at radius 3 is 2.43 bits per heavy atom. The van der Waals surface area contributed by atoms with Crippen molar-refractivity contribution in [2.75, 3.05) is 6.61 Å².